The van der Waals surface area contributed by atoms with Crippen molar-refractivity contribution in [2.24, 2.45) is 0 Å². The van der Waals surface area contributed by atoms with Gasteiger partial charge in [-0.1, -0.05) is 36.4 Å². The molecule has 1 aromatic carbocycles. The Morgan fingerprint density at radius 2 is 1.77 bits per heavy atom. The first kappa shape index (κ1) is 12.5. The molecular weight excluding hydrogens is 274 g/mol. The Hall–Kier alpha value is -3.21. The normalized spacial score (nSPS) is 10.7. The summed E-state index contributed by atoms with van der Waals surface area (Å²) in [5.41, 5.74) is 2.82. The summed E-state index contributed by atoms with van der Waals surface area (Å²) in [6.45, 7) is 0. The molecule has 0 aliphatic rings. The van der Waals surface area contributed by atoms with Crippen molar-refractivity contribution in [1.29, 1.82) is 0 Å². The van der Waals surface area contributed by atoms with Gasteiger partial charge in [-0.25, -0.2) is 9.97 Å². The third kappa shape index (κ3) is 2.18. The monoisotopic (exact) mass is 287 g/mol. The van der Waals surface area contributed by atoms with Crippen molar-refractivity contribution in [3.05, 3.63) is 73.3 Å². The van der Waals surface area contributed by atoms with Crippen molar-refractivity contribution in [1.82, 2.24) is 19.4 Å². The van der Waals surface area contributed by atoms with E-state index in [1.807, 2.05) is 59.1 Å². The number of imidazole rings is 1. The number of benzene rings is 1. The van der Waals surface area contributed by atoms with E-state index in [0.29, 0.717) is 5.82 Å². The van der Waals surface area contributed by atoms with Crippen LogP contribution in [0.5, 0.6) is 0 Å². The van der Waals surface area contributed by atoms with Crippen LogP contribution in [-0.4, -0.2) is 19.4 Å². The summed E-state index contributed by atoms with van der Waals surface area (Å²) in [5.74, 6) is 1.56. The number of aromatic nitrogens is 4. The van der Waals surface area contributed by atoms with E-state index in [9.17, 15) is 0 Å². The van der Waals surface area contributed by atoms with Crippen molar-refractivity contribution in [3.8, 4) is 11.3 Å². The molecule has 1 N–H and O–H groups in total. The molecule has 5 heteroatoms. The molecule has 3 aromatic heterocycles. The first-order valence-corrected chi connectivity index (χ1v) is 6.97. The summed E-state index contributed by atoms with van der Waals surface area (Å²) in [4.78, 5) is 13.1. The zero-order valence-electron chi connectivity index (χ0n) is 11.7. The van der Waals surface area contributed by atoms with E-state index in [1.165, 1.54) is 0 Å². The van der Waals surface area contributed by atoms with E-state index in [4.69, 9.17) is 4.98 Å². The van der Waals surface area contributed by atoms with Crippen LogP contribution in [0.25, 0.3) is 16.9 Å². The summed E-state index contributed by atoms with van der Waals surface area (Å²) >= 11 is 0. The second-order valence-electron chi connectivity index (χ2n) is 4.82. The van der Waals surface area contributed by atoms with Gasteiger partial charge in [-0.3, -0.25) is 9.38 Å². The Morgan fingerprint density at radius 3 is 2.59 bits per heavy atom. The lowest BCUT2D eigenvalue weighted by Gasteiger charge is -2.07. The molecule has 0 unspecified atom stereocenters. The maximum atomic E-state index is 4.73. The van der Waals surface area contributed by atoms with E-state index in [-0.39, 0.29) is 0 Å². The zero-order chi connectivity index (χ0) is 14.8. The molecule has 0 amide bonds. The van der Waals surface area contributed by atoms with Gasteiger partial charge in [0.05, 0.1) is 6.20 Å². The highest BCUT2D eigenvalue weighted by Crippen LogP contribution is 2.30. The first-order chi connectivity index (χ1) is 10.9. The molecule has 0 aliphatic heterocycles. The van der Waals surface area contributed by atoms with Crippen molar-refractivity contribution in [2.75, 3.05) is 5.32 Å². The molecule has 0 radical (unpaired) electrons. The number of fused-ring (bicyclic) bond motifs is 1. The summed E-state index contributed by atoms with van der Waals surface area (Å²) in [6, 6.07) is 16.0. The maximum Gasteiger partial charge on any atom is 0.150 e. The van der Waals surface area contributed by atoms with Crippen molar-refractivity contribution in [3.63, 3.8) is 0 Å². The van der Waals surface area contributed by atoms with Crippen molar-refractivity contribution >= 4 is 17.3 Å². The van der Waals surface area contributed by atoms with Gasteiger partial charge in [-0.2, -0.15) is 0 Å². The van der Waals surface area contributed by atoms with Crippen LogP contribution in [0, 0.1) is 0 Å². The highest BCUT2D eigenvalue weighted by atomic mass is 15.2. The third-order valence-corrected chi connectivity index (χ3v) is 3.39. The average molecular weight is 287 g/mol. The fourth-order valence-corrected chi connectivity index (χ4v) is 2.40. The van der Waals surface area contributed by atoms with E-state index >= 15 is 0 Å². The molecule has 0 spiro atoms. The molecule has 106 valence electrons. The summed E-state index contributed by atoms with van der Waals surface area (Å²) in [6.07, 6.45) is 6.98. The van der Waals surface area contributed by atoms with Crippen molar-refractivity contribution < 1.29 is 0 Å². The number of rotatable bonds is 3. The molecule has 3 heterocycles. The van der Waals surface area contributed by atoms with E-state index in [0.717, 1.165) is 22.7 Å². The molecule has 0 fully saturated rings. The smallest absolute Gasteiger partial charge is 0.150 e. The zero-order valence-corrected chi connectivity index (χ0v) is 11.7. The molecule has 0 atom stereocenters. The number of anilines is 2. The molecule has 0 aliphatic carbocycles. The molecule has 4 aromatic rings. The third-order valence-electron chi connectivity index (χ3n) is 3.39. The van der Waals surface area contributed by atoms with Gasteiger partial charge in [0, 0.05) is 24.2 Å². The molecule has 4 rings (SSSR count). The van der Waals surface area contributed by atoms with E-state index in [2.05, 4.69) is 15.3 Å². The fourth-order valence-electron chi connectivity index (χ4n) is 2.40. The average Bonchev–Trinajstić information content (AvgIpc) is 2.95. The number of nitrogens with zero attached hydrogens (tertiary/aromatic N) is 4. The Kier molecular flexibility index (Phi) is 3.01. The standard InChI is InChI=1S/C17H13N5/c1-2-6-13(7-3-1)16-17(20-14-12-18-9-10-19-14)22-11-5-4-8-15(22)21-16/h1-12H,(H,19,20). The number of nitrogens with one attached hydrogen (secondary N) is 1. The van der Waals surface area contributed by atoms with Crippen LogP contribution in [0.2, 0.25) is 0 Å². The van der Waals surface area contributed by atoms with Crippen LogP contribution < -0.4 is 5.32 Å². The minimum absolute atomic E-state index is 0.685. The van der Waals surface area contributed by atoms with Crippen LogP contribution in [0.4, 0.5) is 11.6 Å². The van der Waals surface area contributed by atoms with Crippen molar-refractivity contribution in [2.45, 2.75) is 0 Å². The molecule has 22 heavy (non-hydrogen) atoms. The lowest BCUT2D eigenvalue weighted by atomic mass is 10.1. The Bertz CT molecular complexity index is 900. The minimum Gasteiger partial charge on any atom is -0.323 e. The molecule has 0 saturated carbocycles. The lowest BCUT2D eigenvalue weighted by Crippen LogP contribution is -1.98. The topological polar surface area (TPSA) is 55.1 Å². The highest BCUT2D eigenvalue weighted by Gasteiger charge is 2.14. The van der Waals surface area contributed by atoms with Gasteiger partial charge in [0.15, 0.2) is 0 Å². The largest absolute Gasteiger partial charge is 0.323 e. The number of pyridine rings is 1. The van der Waals surface area contributed by atoms with Gasteiger partial charge in [-0.15, -0.1) is 0 Å². The van der Waals surface area contributed by atoms with E-state index in [1.54, 1.807) is 18.6 Å². The van der Waals surface area contributed by atoms with Gasteiger partial charge in [0.2, 0.25) is 0 Å². The Morgan fingerprint density at radius 1 is 0.909 bits per heavy atom. The first-order valence-electron chi connectivity index (χ1n) is 6.97. The fraction of sp³-hybridized carbons (Fsp3) is 0. The SMILES string of the molecule is c1ccc(-c2nc3ccccn3c2Nc2cnccn2)cc1. The van der Waals surface area contributed by atoms with Gasteiger partial charge >= 0.3 is 0 Å². The van der Waals surface area contributed by atoms with Crippen LogP contribution in [0.1, 0.15) is 0 Å². The summed E-state index contributed by atoms with van der Waals surface area (Å²) in [5, 5.41) is 3.32. The quantitative estimate of drug-likeness (QED) is 0.626. The summed E-state index contributed by atoms with van der Waals surface area (Å²) in [7, 11) is 0. The molecule has 5 nitrogen and oxygen atoms in total. The molecule has 0 saturated heterocycles. The predicted octanol–water partition coefficient (Wildman–Crippen LogP) is 3.53. The maximum absolute atomic E-state index is 4.73. The second-order valence-corrected chi connectivity index (χ2v) is 4.82. The van der Waals surface area contributed by atoms with Crippen LogP contribution in [-0.2, 0) is 0 Å². The van der Waals surface area contributed by atoms with E-state index < -0.39 is 0 Å². The number of hydrogen-bond donors (Lipinski definition) is 1. The highest BCUT2D eigenvalue weighted by molar-refractivity contribution is 5.78. The Balaban J connectivity index is 1.91. The number of hydrogen-bond acceptors (Lipinski definition) is 4. The predicted molar refractivity (Wildman–Crippen MR) is 85.9 cm³/mol. The van der Waals surface area contributed by atoms with Crippen LogP contribution in [0.3, 0.4) is 0 Å². The van der Waals surface area contributed by atoms with Gasteiger partial charge in [0.1, 0.15) is 23.0 Å². The lowest BCUT2D eigenvalue weighted by molar-refractivity contribution is 1.15. The van der Waals surface area contributed by atoms with Crippen LogP contribution >= 0.6 is 0 Å². The van der Waals surface area contributed by atoms with Gasteiger partial charge < -0.3 is 5.32 Å². The molecule has 0 bridgehead atoms. The molecular formula is C17H13N5. The van der Waals surface area contributed by atoms with Crippen LogP contribution in [0.15, 0.2) is 73.3 Å². The Labute approximate surface area is 127 Å². The second kappa shape index (κ2) is 5.29. The van der Waals surface area contributed by atoms with Gasteiger partial charge in [0.25, 0.3) is 0 Å². The van der Waals surface area contributed by atoms with Gasteiger partial charge in [-0.05, 0) is 12.1 Å². The summed E-state index contributed by atoms with van der Waals surface area (Å²) < 4.78 is 2.01. The minimum atomic E-state index is 0.685.